The average Bonchev–Trinajstić information content (AvgIpc) is 3.28. The lowest BCUT2D eigenvalue weighted by Gasteiger charge is -2.29. The van der Waals surface area contributed by atoms with Crippen molar-refractivity contribution in [1.82, 2.24) is 9.97 Å². The number of H-pyrrole nitrogens is 1. The minimum Gasteiger partial charge on any atom is -0.477 e. The SMILES string of the molecule is Cc1cccc(C=NNc2cc(N3CCOCC3)cc(OCCc3c[nH]c4ccccc34)n2)c1. The summed E-state index contributed by atoms with van der Waals surface area (Å²) in [7, 11) is 0. The van der Waals surface area contributed by atoms with Crippen molar-refractivity contribution in [3.05, 3.63) is 83.6 Å². The summed E-state index contributed by atoms with van der Waals surface area (Å²) in [6.07, 6.45) is 4.65. The molecular formula is C27H29N5O2. The number of hydrogen-bond donors (Lipinski definition) is 2. The highest BCUT2D eigenvalue weighted by atomic mass is 16.5. The molecule has 2 aromatic heterocycles. The summed E-state index contributed by atoms with van der Waals surface area (Å²) in [5, 5.41) is 5.63. The van der Waals surface area contributed by atoms with E-state index in [-0.39, 0.29) is 0 Å². The van der Waals surface area contributed by atoms with E-state index in [1.54, 1.807) is 6.21 Å². The molecule has 1 saturated heterocycles. The van der Waals surface area contributed by atoms with Crippen molar-refractivity contribution in [1.29, 1.82) is 0 Å². The topological polar surface area (TPSA) is 74.8 Å². The van der Waals surface area contributed by atoms with Gasteiger partial charge in [0.1, 0.15) is 0 Å². The number of nitrogens with one attached hydrogen (secondary N) is 2. The maximum atomic E-state index is 6.11. The van der Waals surface area contributed by atoms with Crippen LogP contribution < -0.4 is 15.1 Å². The highest BCUT2D eigenvalue weighted by Gasteiger charge is 2.14. The van der Waals surface area contributed by atoms with Gasteiger partial charge in [-0.1, -0.05) is 48.0 Å². The molecule has 0 unspecified atom stereocenters. The molecule has 5 rings (SSSR count). The Morgan fingerprint density at radius 3 is 2.88 bits per heavy atom. The number of aromatic nitrogens is 2. The Morgan fingerprint density at radius 1 is 1.12 bits per heavy atom. The van der Waals surface area contributed by atoms with Gasteiger partial charge in [0.05, 0.1) is 26.0 Å². The third kappa shape index (κ3) is 5.38. The molecule has 34 heavy (non-hydrogen) atoms. The van der Waals surface area contributed by atoms with Gasteiger partial charge in [-0.3, -0.25) is 5.43 Å². The van der Waals surface area contributed by atoms with Crippen LogP contribution in [-0.4, -0.2) is 49.1 Å². The summed E-state index contributed by atoms with van der Waals surface area (Å²) >= 11 is 0. The van der Waals surface area contributed by atoms with Crippen LogP contribution in [0.5, 0.6) is 5.88 Å². The first-order valence-corrected chi connectivity index (χ1v) is 11.6. The summed E-state index contributed by atoms with van der Waals surface area (Å²) in [5.41, 5.74) is 8.74. The lowest BCUT2D eigenvalue weighted by atomic mass is 10.1. The van der Waals surface area contributed by atoms with Crippen LogP contribution >= 0.6 is 0 Å². The number of anilines is 2. The molecule has 174 valence electrons. The number of rotatable bonds is 8. The summed E-state index contributed by atoms with van der Waals surface area (Å²) in [6, 6.07) is 20.5. The molecule has 3 heterocycles. The Bertz CT molecular complexity index is 1280. The number of benzene rings is 2. The fourth-order valence-corrected chi connectivity index (χ4v) is 4.15. The molecule has 1 aliphatic heterocycles. The Balaban J connectivity index is 1.30. The molecule has 0 spiro atoms. The molecule has 1 aliphatic rings. The van der Waals surface area contributed by atoms with Crippen LogP contribution in [0.3, 0.4) is 0 Å². The third-order valence-corrected chi connectivity index (χ3v) is 5.89. The number of nitrogens with zero attached hydrogens (tertiary/aromatic N) is 3. The molecule has 0 saturated carbocycles. The van der Waals surface area contributed by atoms with Crippen molar-refractivity contribution >= 4 is 28.6 Å². The Labute approximate surface area is 199 Å². The molecular weight excluding hydrogens is 426 g/mol. The van der Waals surface area contributed by atoms with Crippen LogP contribution in [0.1, 0.15) is 16.7 Å². The van der Waals surface area contributed by atoms with E-state index in [1.807, 2.05) is 30.3 Å². The van der Waals surface area contributed by atoms with Gasteiger partial charge in [0, 0.05) is 54.4 Å². The van der Waals surface area contributed by atoms with E-state index >= 15 is 0 Å². The monoisotopic (exact) mass is 455 g/mol. The van der Waals surface area contributed by atoms with Gasteiger partial charge in [-0.25, -0.2) is 0 Å². The molecule has 0 atom stereocenters. The largest absolute Gasteiger partial charge is 0.477 e. The van der Waals surface area contributed by atoms with E-state index in [0.717, 1.165) is 36.3 Å². The van der Waals surface area contributed by atoms with E-state index < -0.39 is 0 Å². The Kier molecular flexibility index (Phi) is 6.72. The molecule has 4 aromatic rings. The summed E-state index contributed by atoms with van der Waals surface area (Å²) in [6.45, 7) is 5.71. The fourth-order valence-electron chi connectivity index (χ4n) is 4.15. The number of fused-ring (bicyclic) bond motifs is 1. The minimum atomic E-state index is 0.535. The molecule has 2 N–H and O–H groups in total. The van der Waals surface area contributed by atoms with Crippen LogP contribution in [0.25, 0.3) is 10.9 Å². The second kappa shape index (κ2) is 10.4. The highest BCUT2D eigenvalue weighted by Crippen LogP contribution is 2.25. The maximum Gasteiger partial charge on any atom is 0.217 e. The van der Waals surface area contributed by atoms with E-state index in [1.165, 1.54) is 16.5 Å². The predicted molar refractivity (Wildman–Crippen MR) is 137 cm³/mol. The molecule has 0 aliphatic carbocycles. The average molecular weight is 456 g/mol. The molecule has 2 aromatic carbocycles. The summed E-state index contributed by atoms with van der Waals surface area (Å²) in [4.78, 5) is 10.3. The van der Waals surface area contributed by atoms with E-state index in [9.17, 15) is 0 Å². The zero-order chi connectivity index (χ0) is 23.2. The molecule has 7 heteroatoms. The highest BCUT2D eigenvalue weighted by molar-refractivity contribution is 5.83. The van der Waals surface area contributed by atoms with Gasteiger partial charge in [0.15, 0.2) is 5.82 Å². The minimum absolute atomic E-state index is 0.535. The number of aromatic amines is 1. The van der Waals surface area contributed by atoms with Gasteiger partial charge in [0.25, 0.3) is 0 Å². The lowest BCUT2D eigenvalue weighted by Crippen LogP contribution is -2.36. The second-order valence-corrected chi connectivity index (χ2v) is 8.39. The van der Waals surface area contributed by atoms with Crippen LogP contribution in [0.15, 0.2) is 72.0 Å². The van der Waals surface area contributed by atoms with Crippen molar-refractivity contribution in [2.24, 2.45) is 5.10 Å². The first-order valence-electron chi connectivity index (χ1n) is 11.6. The van der Waals surface area contributed by atoms with Crippen molar-refractivity contribution < 1.29 is 9.47 Å². The van der Waals surface area contributed by atoms with Crippen LogP contribution in [0, 0.1) is 6.92 Å². The van der Waals surface area contributed by atoms with Gasteiger partial charge >= 0.3 is 0 Å². The van der Waals surface area contributed by atoms with Crippen molar-refractivity contribution in [3.8, 4) is 5.88 Å². The molecule has 7 nitrogen and oxygen atoms in total. The summed E-state index contributed by atoms with van der Waals surface area (Å²) < 4.78 is 11.6. The van der Waals surface area contributed by atoms with Crippen molar-refractivity contribution in [2.75, 3.05) is 43.2 Å². The number of hydrogen-bond acceptors (Lipinski definition) is 6. The van der Waals surface area contributed by atoms with Crippen molar-refractivity contribution in [3.63, 3.8) is 0 Å². The normalized spacial score (nSPS) is 14.1. The Hall–Kier alpha value is -3.84. The molecule has 0 bridgehead atoms. The lowest BCUT2D eigenvalue weighted by molar-refractivity contribution is 0.122. The van der Waals surface area contributed by atoms with Crippen LogP contribution in [0.2, 0.25) is 0 Å². The predicted octanol–water partition coefficient (Wildman–Crippen LogP) is 4.78. The fraction of sp³-hybridized carbons (Fsp3) is 0.259. The number of ether oxygens (including phenoxy) is 2. The smallest absolute Gasteiger partial charge is 0.217 e. The standard InChI is InChI=1S/C27H29N5O2/c1-20-5-4-6-21(15-20)18-29-31-26-16-23(32-10-13-33-14-11-32)17-27(30-26)34-12-9-22-19-28-25-8-3-2-7-24(22)25/h2-8,15-19,28H,9-14H2,1H3,(H,30,31). The van der Waals surface area contributed by atoms with Crippen molar-refractivity contribution in [2.45, 2.75) is 13.3 Å². The number of aryl methyl sites for hydroxylation is 1. The van der Waals surface area contributed by atoms with E-state index in [4.69, 9.17) is 9.47 Å². The van der Waals surface area contributed by atoms with Gasteiger partial charge in [-0.2, -0.15) is 10.1 Å². The van der Waals surface area contributed by atoms with Gasteiger partial charge in [0.2, 0.25) is 5.88 Å². The molecule has 1 fully saturated rings. The van der Waals surface area contributed by atoms with Crippen LogP contribution in [0.4, 0.5) is 11.5 Å². The number of morpholine rings is 1. The first kappa shape index (κ1) is 22.0. The third-order valence-electron chi connectivity index (χ3n) is 5.89. The van der Waals surface area contributed by atoms with Gasteiger partial charge < -0.3 is 19.4 Å². The molecule has 0 radical (unpaired) electrons. The van der Waals surface area contributed by atoms with E-state index in [2.05, 4.69) is 68.8 Å². The Morgan fingerprint density at radius 2 is 2.00 bits per heavy atom. The summed E-state index contributed by atoms with van der Waals surface area (Å²) in [5.74, 6) is 1.23. The van der Waals surface area contributed by atoms with Crippen LogP contribution in [-0.2, 0) is 11.2 Å². The number of hydrazone groups is 1. The number of para-hydroxylation sites is 1. The van der Waals surface area contributed by atoms with Gasteiger partial charge in [-0.05, 0) is 24.1 Å². The first-order chi connectivity index (χ1) is 16.7. The maximum absolute atomic E-state index is 6.11. The zero-order valence-corrected chi connectivity index (χ0v) is 19.3. The zero-order valence-electron chi connectivity index (χ0n) is 19.3. The van der Waals surface area contributed by atoms with Gasteiger partial charge in [-0.15, -0.1) is 0 Å². The quantitative estimate of drug-likeness (QED) is 0.296. The number of pyridine rings is 1. The van der Waals surface area contributed by atoms with E-state index in [0.29, 0.717) is 31.5 Å². The second-order valence-electron chi connectivity index (χ2n) is 8.39. The molecule has 0 amide bonds.